The number of para-hydroxylation sites is 1. The average Bonchev–Trinajstić information content (AvgIpc) is 2.75. The average molecular weight is 224 g/mol. The van der Waals surface area contributed by atoms with Crippen molar-refractivity contribution in [2.75, 3.05) is 13.1 Å². The van der Waals surface area contributed by atoms with Gasteiger partial charge in [0, 0.05) is 30.9 Å². The largest absolute Gasteiger partial charge is 0.315 e. The van der Waals surface area contributed by atoms with Gasteiger partial charge in [0.05, 0.1) is 17.6 Å². The second-order valence-corrected chi connectivity index (χ2v) is 4.17. The third-order valence-electron chi connectivity index (χ3n) is 3.15. The molecule has 1 aliphatic rings. The summed E-state index contributed by atoms with van der Waals surface area (Å²) in [5.41, 5.74) is 2.76. The normalized spacial score (nSPS) is 15.2. The number of rotatable bonds is 2. The molecule has 0 saturated carbocycles. The van der Waals surface area contributed by atoms with Crippen LogP contribution in [0.5, 0.6) is 0 Å². The van der Waals surface area contributed by atoms with Crippen molar-refractivity contribution >= 4 is 0 Å². The van der Waals surface area contributed by atoms with Gasteiger partial charge in [-0.05, 0) is 12.1 Å². The highest BCUT2D eigenvalue weighted by Gasteiger charge is 2.23. The first-order valence-electron chi connectivity index (χ1n) is 5.62. The van der Waals surface area contributed by atoms with Crippen LogP contribution in [0.2, 0.25) is 0 Å². The van der Waals surface area contributed by atoms with Crippen LogP contribution in [0.1, 0.15) is 17.2 Å². The maximum absolute atomic E-state index is 9.12. The first kappa shape index (κ1) is 10.1. The molecule has 0 aliphatic carbocycles. The van der Waals surface area contributed by atoms with Crippen LogP contribution in [0.25, 0.3) is 5.69 Å². The van der Waals surface area contributed by atoms with Crippen molar-refractivity contribution in [3.63, 3.8) is 0 Å². The van der Waals surface area contributed by atoms with E-state index >= 15 is 0 Å². The number of hydrogen-bond donors (Lipinski definition) is 1. The van der Waals surface area contributed by atoms with E-state index in [1.54, 1.807) is 6.33 Å². The second-order valence-electron chi connectivity index (χ2n) is 4.17. The fraction of sp³-hybridized carbons (Fsp3) is 0.231. The van der Waals surface area contributed by atoms with E-state index in [0.717, 1.165) is 18.8 Å². The van der Waals surface area contributed by atoms with Crippen molar-refractivity contribution in [2.24, 2.45) is 0 Å². The number of hydrogen-bond acceptors (Lipinski definition) is 3. The Labute approximate surface area is 99.5 Å². The van der Waals surface area contributed by atoms with Crippen molar-refractivity contribution < 1.29 is 0 Å². The molecule has 2 heterocycles. The summed E-state index contributed by atoms with van der Waals surface area (Å²) in [7, 11) is 0. The monoisotopic (exact) mass is 224 g/mol. The van der Waals surface area contributed by atoms with Gasteiger partial charge >= 0.3 is 0 Å². The van der Waals surface area contributed by atoms with Gasteiger partial charge in [0.1, 0.15) is 6.07 Å². The Morgan fingerprint density at radius 2 is 2.18 bits per heavy atom. The van der Waals surface area contributed by atoms with Gasteiger partial charge in [-0.15, -0.1) is 0 Å². The van der Waals surface area contributed by atoms with Gasteiger partial charge in [0.15, 0.2) is 0 Å². The Morgan fingerprint density at radius 3 is 2.88 bits per heavy atom. The Balaban J connectivity index is 2.09. The SMILES string of the molecule is N#Cc1ccccc1-n1cncc1C1CNC1. The smallest absolute Gasteiger partial charge is 0.101 e. The molecule has 1 N–H and O–H groups in total. The van der Waals surface area contributed by atoms with E-state index < -0.39 is 0 Å². The summed E-state index contributed by atoms with van der Waals surface area (Å²) >= 11 is 0. The van der Waals surface area contributed by atoms with Crippen LogP contribution >= 0.6 is 0 Å². The molecule has 0 unspecified atom stereocenters. The van der Waals surface area contributed by atoms with E-state index in [0.29, 0.717) is 11.5 Å². The fourth-order valence-electron chi connectivity index (χ4n) is 2.08. The van der Waals surface area contributed by atoms with E-state index in [1.807, 2.05) is 35.0 Å². The third kappa shape index (κ3) is 1.61. The summed E-state index contributed by atoms with van der Waals surface area (Å²) in [5.74, 6) is 0.504. The molecule has 3 rings (SSSR count). The van der Waals surface area contributed by atoms with Crippen molar-refractivity contribution in [3.05, 3.63) is 48.0 Å². The molecule has 4 nitrogen and oxygen atoms in total. The number of imidazole rings is 1. The number of nitrogens with one attached hydrogen (secondary N) is 1. The quantitative estimate of drug-likeness (QED) is 0.839. The van der Waals surface area contributed by atoms with Gasteiger partial charge in [0.2, 0.25) is 0 Å². The van der Waals surface area contributed by atoms with Crippen molar-refractivity contribution in [2.45, 2.75) is 5.92 Å². The maximum atomic E-state index is 9.12. The summed E-state index contributed by atoms with van der Waals surface area (Å²) in [4.78, 5) is 4.20. The van der Waals surface area contributed by atoms with Crippen molar-refractivity contribution in [1.29, 1.82) is 5.26 Å². The molecule has 17 heavy (non-hydrogen) atoms. The topological polar surface area (TPSA) is 53.6 Å². The molecule has 0 bridgehead atoms. The summed E-state index contributed by atoms with van der Waals surface area (Å²) in [5, 5.41) is 12.4. The van der Waals surface area contributed by atoms with E-state index in [9.17, 15) is 0 Å². The highest BCUT2D eigenvalue weighted by atomic mass is 15.1. The second kappa shape index (κ2) is 4.04. The molecule has 1 aromatic heterocycles. The van der Waals surface area contributed by atoms with Crippen molar-refractivity contribution in [1.82, 2.24) is 14.9 Å². The van der Waals surface area contributed by atoms with Gasteiger partial charge in [-0.3, -0.25) is 0 Å². The lowest BCUT2D eigenvalue weighted by Gasteiger charge is -2.28. The Hall–Kier alpha value is -2.12. The highest BCUT2D eigenvalue weighted by molar-refractivity contribution is 5.49. The molecule has 2 aromatic rings. The van der Waals surface area contributed by atoms with Gasteiger partial charge in [-0.25, -0.2) is 4.98 Å². The Morgan fingerprint density at radius 1 is 1.35 bits per heavy atom. The maximum Gasteiger partial charge on any atom is 0.101 e. The lowest BCUT2D eigenvalue weighted by molar-refractivity contribution is 0.435. The third-order valence-corrected chi connectivity index (χ3v) is 3.15. The minimum atomic E-state index is 0.504. The molecule has 0 radical (unpaired) electrons. The van der Waals surface area contributed by atoms with Crippen LogP contribution in [0.15, 0.2) is 36.8 Å². The first-order chi connectivity index (χ1) is 8.40. The van der Waals surface area contributed by atoms with Gasteiger partial charge < -0.3 is 9.88 Å². The molecular formula is C13H12N4. The lowest BCUT2D eigenvalue weighted by atomic mass is 9.99. The molecule has 1 aliphatic heterocycles. The minimum absolute atomic E-state index is 0.504. The van der Waals surface area contributed by atoms with E-state index in [1.165, 1.54) is 5.69 Å². The molecule has 84 valence electrons. The number of benzene rings is 1. The first-order valence-corrected chi connectivity index (χ1v) is 5.62. The Bertz CT molecular complexity index is 575. The molecule has 0 spiro atoms. The van der Waals surface area contributed by atoms with Crippen LogP contribution < -0.4 is 5.32 Å². The van der Waals surface area contributed by atoms with E-state index in [2.05, 4.69) is 16.4 Å². The standard InChI is InChI=1S/C13H12N4/c14-5-10-3-1-2-4-12(10)17-9-16-8-13(17)11-6-15-7-11/h1-4,8-9,11,15H,6-7H2. The Kier molecular flexibility index (Phi) is 2.39. The van der Waals surface area contributed by atoms with Crippen molar-refractivity contribution in [3.8, 4) is 11.8 Å². The van der Waals surface area contributed by atoms with Gasteiger partial charge in [0.25, 0.3) is 0 Å². The zero-order chi connectivity index (χ0) is 11.7. The lowest BCUT2D eigenvalue weighted by Crippen LogP contribution is -2.40. The van der Waals surface area contributed by atoms with Crippen LogP contribution in [0.3, 0.4) is 0 Å². The zero-order valence-electron chi connectivity index (χ0n) is 9.30. The summed E-state index contributed by atoms with van der Waals surface area (Å²) in [6.45, 7) is 1.97. The summed E-state index contributed by atoms with van der Waals surface area (Å²) < 4.78 is 2.02. The summed E-state index contributed by atoms with van der Waals surface area (Å²) in [6, 6.07) is 9.83. The molecular weight excluding hydrogens is 212 g/mol. The predicted molar refractivity (Wildman–Crippen MR) is 63.9 cm³/mol. The van der Waals surface area contributed by atoms with Crippen LogP contribution in [-0.4, -0.2) is 22.6 Å². The highest BCUT2D eigenvalue weighted by Crippen LogP contribution is 2.24. The molecule has 1 aromatic carbocycles. The molecule has 1 saturated heterocycles. The molecule has 1 fully saturated rings. The predicted octanol–water partition coefficient (Wildman–Crippen LogP) is 1.43. The fourth-order valence-corrected chi connectivity index (χ4v) is 2.08. The van der Waals surface area contributed by atoms with E-state index in [4.69, 9.17) is 5.26 Å². The molecule has 4 heteroatoms. The van der Waals surface area contributed by atoms with Crippen LogP contribution in [0.4, 0.5) is 0 Å². The minimum Gasteiger partial charge on any atom is -0.315 e. The molecule has 0 atom stereocenters. The number of aromatic nitrogens is 2. The number of nitrogens with zero attached hydrogens (tertiary/aromatic N) is 3. The van der Waals surface area contributed by atoms with Gasteiger partial charge in [-0.2, -0.15) is 5.26 Å². The molecule has 0 amide bonds. The summed E-state index contributed by atoms with van der Waals surface area (Å²) in [6.07, 6.45) is 3.67. The zero-order valence-corrected chi connectivity index (χ0v) is 9.30. The number of nitriles is 1. The van der Waals surface area contributed by atoms with Crippen LogP contribution in [0, 0.1) is 11.3 Å². The van der Waals surface area contributed by atoms with Crippen LogP contribution in [-0.2, 0) is 0 Å². The van der Waals surface area contributed by atoms with Gasteiger partial charge in [-0.1, -0.05) is 12.1 Å². The van der Waals surface area contributed by atoms with E-state index in [-0.39, 0.29) is 0 Å².